The van der Waals surface area contributed by atoms with E-state index in [2.05, 4.69) is 4.90 Å². The highest BCUT2D eigenvalue weighted by Gasteiger charge is 2.11. The molecular formula is C12H21NO3. The summed E-state index contributed by atoms with van der Waals surface area (Å²) in [5.74, 6) is -0.615. The number of carboxylic acid groups (broad SMARTS) is 1. The molecule has 4 heteroatoms. The van der Waals surface area contributed by atoms with Crippen LogP contribution >= 0.6 is 0 Å². The Morgan fingerprint density at radius 1 is 1.00 bits per heavy atom. The van der Waals surface area contributed by atoms with Crippen molar-refractivity contribution in [3.63, 3.8) is 0 Å². The topological polar surface area (TPSA) is 57.6 Å². The van der Waals surface area contributed by atoms with E-state index in [4.69, 9.17) is 5.11 Å². The molecule has 0 aromatic carbocycles. The quantitative estimate of drug-likeness (QED) is 0.719. The number of Topliss-reactive ketones (excluding diaryl/α,β-unsaturated/α-hetero) is 1. The van der Waals surface area contributed by atoms with Gasteiger partial charge in [0.2, 0.25) is 0 Å². The van der Waals surface area contributed by atoms with Gasteiger partial charge in [0.15, 0.2) is 0 Å². The number of carbonyl (C=O) groups is 2. The average molecular weight is 227 g/mol. The summed E-state index contributed by atoms with van der Waals surface area (Å²) in [6.45, 7) is 3.08. The van der Waals surface area contributed by atoms with Gasteiger partial charge < -0.3 is 10.0 Å². The zero-order valence-electron chi connectivity index (χ0n) is 9.78. The van der Waals surface area contributed by atoms with Crippen molar-refractivity contribution >= 4 is 11.8 Å². The van der Waals surface area contributed by atoms with Crippen LogP contribution in [0.5, 0.6) is 0 Å². The number of likely N-dealkylation sites (tertiary alicyclic amines) is 1. The minimum atomic E-state index is -0.816. The minimum absolute atomic E-state index is 0.107. The number of hydrogen-bond acceptors (Lipinski definition) is 3. The number of carbonyl (C=O) groups excluding carboxylic acids is 1. The summed E-state index contributed by atoms with van der Waals surface area (Å²) >= 11 is 0. The van der Waals surface area contributed by atoms with Crippen molar-refractivity contribution < 1.29 is 14.7 Å². The van der Waals surface area contributed by atoms with Crippen molar-refractivity contribution in [2.24, 2.45) is 0 Å². The van der Waals surface area contributed by atoms with Crippen LogP contribution in [0.15, 0.2) is 0 Å². The summed E-state index contributed by atoms with van der Waals surface area (Å²) in [6.07, 6.45) is 5.38. The molecule has 0 radical (unpaired) electrons. The first kappa shape index (κ1) is 13.2. The number of hydrogen-bond donors (Lipinski definition) is 1. The summed E-state index contributed by atoms with van der Waals surface area (Å²) in [4.78, 5) is 24.0. The normalized spacial score (nSPS) is 17.2. The number of piperidine rings is 1. The van der Waals surface area contributed by atoms with E-state index in [1.807, 2.05) is 0 Å². The highest BCUT2D eigenvalue weighted by Crippen LogP contribution is 2.09. The Morgan fingerprint density at radius 3 is 2.31 bits per heavy atom. The van der Waals surface area contributed by atoms with Crippen LogP contribution < -0.4 is 0 Å². The molecule has 1 heterocycles. The third-order valence-corrected chi connectivity index (χ3v) is 3.00. The molecule has 0 aliphatic carbocycles. The van der Waals surface area contributed by atoms with Gasteiger partial charge >= 0.3 is 5.97 Å². The van der Waals surface area contributed by atoms with E-state index in [9.17, 15) is 9.59 Å². The van der Waals surface area contributed by atoms with Gasteiger partial charge in [-0.15, -0.1) is 0 Å². The first-order valence-electron chi connectivity index (χ1n) is 6.14. The lowest BCUT2D eigenvalue weighted by Crippen LogP contribution is -2.31. The fraction of sp³-hybridized carbons (Fsp3) is 0.833. The van der Waals surface area contributed by atoms with Crippen LogP contribution in [0.25, 0.3) is 0 Å². The van der Waals surface area contributed by atoms with E-state index in [1.54, 1.807) is 0 Å². The monoisotopic (exact) mass is 227 g/mol. The molecule has 92 valence electrons. The molecule has 0 bridgehead atoms. The van der Waals surface area contributed by atoms with Gasteiger partial charge in [-0.3, -0.25) is 9.59 Å². The Hall–Kier alpha value is -0.900. The molecular weight excluding hydrogens is 206 g/mol. The van der Waals surface area contributed by atoms with Crippen LogP contribution in [-0.4, -0.2) is 41.4 Å². The third-order valence-electron chi connectivity index (χ3n) is 3.00. The fourth-order valence-corrected chi connectivity index (χ4v) is 2.03. The zero-order chi connectivity index (χ0) is 11.8. The summed E-state index contributed by atoms with van der Waals surface area (Å²) in [5, 5.41) is 8.44. The second-order valence-electron chi connectivity index (χ2n) is 4.44. The largest absolute Gasteiger partial charge is 0.481 e. The molecule has 0 aromatic rings. The van der Waals surface area contributed by atoms with Crippen LogP contribution in [0.3, 0.4) is 0 Å². The predicted molar refractivity (Wildman–Crippen MR) is 61.4 cm³/mol. The second-order valence-corrected chi connectivity index (χ2v) is 4.44. The molecule has 0 unspecified atom stereocenters. The van der Waals surface area contributed by atoms with Crippen LogP contribution in [0.2, 0.25) is 0 Å². The van der Waals surface area contributed by atoms with Crippen LogP contribution in [0.4, 0.5) is 0 Å². The molecule has 1 aliphatic heterocycles. The molecule has 1 aliphatic rings. The van der Waals surface area contributed by atoms with Gasteiger partial charge in [-0.1, -0.05) is 6.42 Å². The lowest BCUT2D eigenvalue weighted by atomic mass is 10.1. The van der Waals surface area contributed by atoms with E-state index < -0.39 is 5.97 Å². The molecule has 0 aromatic heterocycles. The number of carboxylic acids is 1. The van der Waals surface area contributed by atoms with Crippen molar-refractivity contribution in [1.82, 2.24) is 4.90 Å². The summed E-state index contributed by atoms with van der Waals surface area (Å²) in [5.41, 5.74) is 0. The number of nitrogens with zero attached hydrogens (tertiary/aromatic N) is 1. The van der Waals surface area contributed by atoms with Crippen molar-refractivity contribution in [2.45, 2.75) is 44.9 Å². The van der Waals surface area contributed by atoms with E-state index >= 15 is 0 Å². The maximum Gasteiger partial charge on any atom is 0.303 e. The highest BCUT2D eigenvalue weighted by molar-refractivity contribution is 5.79. The van der Waals surface area contributed by atoms with Gasteiger partial charge in [-0.2, -0.15) is 0 Å². The minimum Gasteiger partial charge on any atom is -0.481 e. The summed E-state index contributed by atoms with van der Waals surface area (Å²) < 4.78 is 0. The second kappa shape index (κ2) is 7.39. The molecule has 1 fully saturated rings. The standard InChI is InChI=1S/C12H21NO3/c14-11(5-4-6-12(15)16)7-10-13-8-2-1-3-9-13/h1-10H2,(H,15,16). The van der Waals surface area contributed by atoms with Gasteiger partial charge in [0.05, 0.1) is 0 Å². The number of aliphatic carboxylic acids is 1. The van der Waals surface area contributed by atoms with Crippen molar-refractivity contribution in [3.05, 3.63) is 0 Å². The highest BCUT2D eigenvalue weighted by atomic mass is 16.4. The molecule has 1 N–H and O–H groups in total. The lowest BCUT2D eigenvalue weighted by molar-refractivity contribution is -0.137. The smallest absolute Gasteiger partial charge is 0.303 e. The number of rotatable bonds is 7. The Kier molecular flexibility index (Phi) is 6.08. The van der Waals surface area contributed by atoms with E-state index in [0.29, 0.717) is 19.3 Å². The maximum atomic E-state index is 11.4. The molecule has 4 nitrogen and oxygen atoms in total. The van der Waals surface area contributed by atoms with E-state index in [-0.39, 0.29) is 12.2 Å². The Bertz CT molecular complexity index is 234. The molecule has 0 atom stereocenters. The van der Waals surface area contributed by atoms with E-state index in [1.165, 1.54) is 19.3 Å². The maximum absolute atomic E-state index is 11.4. The Morgan fingerprint density at radius 2 is 1.69 bits per heavy atom. The third kappa shape index (κ3) is 5.85. The van der Waals surface area contributed by atoms with Crippen molar-refractivity contribution in [2.75, 3.05) is 19.6 Å². The lowest BCUT2D eigenvalue weighted by Gasteiger charge is -2.25. The fourth-order valence-electron chi connectivity index (χ4n) is 2.03. The van der Waals surface area contributed by atoms with Gasteiger partial charge in [0, 0.05) is 25.8 Å². The SMILES string of the molecule is O=C(O)CCCC(=O)CCN1CCCCC1. The molecule has 1 rings (SSSR count). The molecule has 0 saturated carbocycles. The van der Waals surface area contributed by atoms with E-state index in [0.717, 1.165) is 19.6 Å². The van der Waals surface area contributed by atoms with Gasteiger partial charge in [0.1, 0.15) is 5.78 Å². The first-order valence-corrected chi connectivity index (χ1v) is 6.14. The van der Waals surface area contributed by atoms with Crippen LogP contribution in [0.1, 0.15) is 44.9 Å². The van der Waals surface area contributed by atoms with Crippen molar-refractivity contribution in [3.8, 4) is 0 Å². The average Bonchev–Trinajstić information content (AvgIpc) is 2.27. The van der Waals surface area contributed by atoms with Gasteiger partial charge in [0.25, 0.3) is 0 Å². The van der Waals surface area contributed by atoms with Crippen molar-refractivity contribution in [1.29, 1.82) is 0 Å². The molecule has 0 amide bonds. The Labute approximate surface area is 96.6 Å². The number of ketones is 1. The zero-order valence-corrected chi connectivity index (χ0v) is 9.78. The molecule has 1 saturated heterocycles. The predicted octanol–water partition coefficient (Wildman–Crippen LogP) is 1.69. The van der Waals surface area contributed by atoms with Gasteiger partial charge in [-0.25, -0.2) is 0 Å². The summed E-state index contributed by atoms with van der Waals surface area (Å²) in [6, 6.07) is 0. The van der Waals surface area contributed by atoms with Crippen LogP contribution in [0, 0.1) is 0 Å². The van der Waals surface area contributed by atoms with Gasteiger partial charge in [-0.05, 0) is 32.4 Å². The molecule has 0 spiro atoms. The summed E-state index contributed by atoms with van der Waals surface area (Å²) in [7, 11) is 0. The molecule has 16 heavy (non-hydrogen) atoms. The first-order chi connectivity index (χ1) is 7.68. The Balaban J connectivity index is 2.02. The van der Waals surface area contributed by atoms with Crippen LogP contribution in [-0.2, 0) is 9.59 Å².